The van der Waals surface area contributed by atoms with Crippen LogP contribution in [0.1, 0.15) is 48.3 Å². The molecular formula is C15H21NO2S. The quantitative estimate of drug-likeness (QED) is 0.842. The number of carbonyl (C=O) groups is 1. The molecule has 0 spiro atoms. The normalized spacial score (nSPS) is 10.2. The molecule has 0 aliphatic rings. The SMILES string of the molecule is CCC(CC)N(C)C(=O)c1sccc1C#CCCO. The molecule has 0 unspecified atom stereocenters. The molecule has 0 fully saturated rings. The lowest BCUT2D eigenvalue weighted by Gasteiger charge is -2.25. The van der Waals surface area contributed by atoms with Gasteiger partial charge in [0.2, 0.25) is 0 Å². The minimum atomic E-state index is 0.0389. The average Bonchev–Trinajstić information content (AvgIpc) is 2.88. The summed E-state index contributed by atoms with van der Waals surface area (Å²) in [6.07, 6.45) is 2.34. The number of hydrogen-bond donors (Lipinski definition) is 1. The predicted octanol–water partition coefficient (Wildman–Crippen LogP) is 2.74. The van der Waals surface area contributed by atoms with Gasteiger partial charge < -0.3 is 10.0 Å². The average molecular weight is 279 g/mol. The second-order valence-corrected chi connectivity index (χ2v) is 5.24. The van der Waals surface area contributed by atoms with Crippen molar-refractivity contribution >= 4 is 17.2 Å². The number of nitrogens with zero attached hydrogens (tertiary/aromatic N) is 1. The summed E-state index contributed by atoms with van der Waals surface area (Å²) >= 11 is 1.43. The van der Waals surface area contributed by atoms with E-state index in [-0.39, 0.29) is 18.6 Å². The standard InChI is InChI=1S/C15H21NO2S/c1-4-13(5-2)16(3)15(18)14-12(9-11-19-14)8-6-7-10-17/h9,11,13,17H,4-5,7,10H2,1-3H3. The summed E-state index contributed by atoms with van der Waals surface area (Å²) in [6, 6.07) is 2.14. The summed E-state index contributed by atoms with van der Waals surface area (Å²) in [7, 11) is 1.85. The van der Waals surface area contributed by atoms with Gasteiger partial charge >= 0.3 is 0 Å². The Bertz CT molecular complexity index is 466. The molecule has 0 aromatic carbocycles. The first-order chi connectivity index (χ1) is 9.15. The van der Waals surface area contributed by atoms with Gasteiger partial charge in [-0.2, -0.15) is 0 Å². The van der Waals surface area contributed by atoms with Crippen molar-refractivity contribution < 1.29 is 9.90 Å². The summed E-state index contributed by atoms with van der Waals surface area (Å²) in [5.41, 5.74) is 0.765. The van der Waals surface area contributed by atoms with Gasteiger partial charge in [0, 0.05) is 25.1 Å². The van der Waals surface area contributed by atoms with Crippen LogP contribution in [0.3, 0.4) is 0 Å². The lowest BCUT2D eigenvalue weighted by molar-refractivity contribution is 0.0728. The molecule has 4 heteroatoms. The molecule has 0 saturated carbocycles. The van der Waals surface area contributed by atoms with Gasteiger partial charge in [0.05, 0.1) is 6.61 Å². The number of aliphatic hydroxyl groups is 1. The van der Waals surface area contributed by atoms with Gasteiger partial charge in [0.1, 0.15) is 4.88 Å². The molecule has 1 heterocycles. The molecule has 1 N–H and O–H groups in total. The van der Waals surface area contributed by atoms with Crippen LogP contribution in [0, 0.1) is 11.8 Å². The predicted molar refractivity (Wildman–Crippen MR) is 79.4 cm³/mol. The van der Waals surface area contributed by atoms with Gasteiger partial charge in [0.25, 0.3) is 5.91 Å². The zero-order chi connectivity index (χ0) is 14.3. The van der Waals surface area contributed by atoms with E-state index in [1.165, 1.54) is 11.3 Å². The van der Waals surface area contributed by atoms with Gasteiger partial charge in [-0.25, -0.2) is 0 Å². The van der Waals surface area contributed by atoms with Crippen LogP contribution in [-0.2, 0) is 0 Å². The van der Waals surface area contributed by atoms with Crippen LogP contribution in [0.15, 0.2) is 11.4 Å². The van der Waals surface area contributed by atoms with Gasteiger partial charge in [-0.15, -0.1) is 11.3 Å². The number of carbonyl (C=O) groups excluding carboxylic acids is 1. The Morgan fingerprint density at radius 2 is 2.16 bits per heavy atom. The summed E-state index contributed by atoms with van der Waals surface area (Å²) in [5.74, 6) is 5.86. The Labute approximate surface area is 119 Å². The Kier molecular flexibility index (Phi) is 6.61. The molecule has 3 nitrogen and oxygen atoms in total. The van der Waals surface area contributed by atoms with E-state index < -0.39 is 0 Å². The zero-order valence-electron chi connectivity index (χ0n) is 11.8. The van der Waals surface area contributed by atoms with E-state index in [1.807, 2.05) is 23.4 Å². The van der Waals surface area contributed by atoms with Crippen LogP contribution in [0.25, 0.3) is 0 Å². The highest BCUT2D eigenvalue weighted by atomic mass is 32.1. The third-order valence-corrected chi connectivity index (χ3v) is 4.03. The molecule has 0 aliphatic carbocycles. The monoisotopic (exact) mass is 279 g/mol. The highest BCUT2D eigenvalue weighted by Crippen LogP contribution is 2.20. The fraction of sp³-hybridized carbons (Fsp3) is 0.533. The van der Waals surface area contributed by atoms with Crippen LogP contribution in [0.2, 0.25) is 0 Å². The fourth-order valence-electron chi connectivity index (χ4n) is 1.95. The molecule has 0 bridgehead atoms. The molecule has 1 amide bonds. The molecule has 19 heavy (non-hydrogen) atoms. The van der Waals surface area contributed by atoms with E-state index in [9.17, 15) is 4.79 Å². The second kappa shape index (κ2) is 7.98. The van der Waals surface area contributed by atoms with Crippen LogP contribution in [0.4, 0.5) is 0 Å². The Balaban J connectivity index is 2.89. The highest BCUT2D eigenvalue weighted by Gasteiger charge is 2.21. The lowest BCUT2D eigenvalue weighted by atomic mass is 10.1. The Morgan fingerprint density at radius 3 is 2.74 bits per heavy atom. The third-order valence-electron chi connectivity index (χ3n) is 3.13. The van der Waals surface area contributed by atoms with E-state index >= 15 is 0 Å². The maximum Gasteiger partial charge on any atom is 0.265 e. The largest absolute Gasteiger partial charge is 0.395 e. The van der Waals surface area contributed by atoms with Crippen molar-refractivity contribution in [1.82, 2.24) is 4.90 Å². The van der Waals surface area contributed by atoms with Crippen LogP contribution < -0.4 is 0 Å². The molecular weight excluding hydrogens is 258 g/mol. The highest BCUT2D eigenvalue weighted by molar-refractivity contribution is 7.12. The van der Waals surface area contributed by atoms with Gasteiger partial charge in [0.15, 0.2) is 0 Å². The summed E-state index contributed by atoms with van der Waals surface area (Å²) in [5, 5.41) is 10.6. The number of hydrogen-bond acceptors (Lipinski definition) is 3. The number of aliphatic hydroxyl groups excluding tert-OH is 1. The summed E-state index contributed by atoms with van der Waals surface area (Å²) in [6.45, 7) is 4.23. The van der Waals surface area contributed by atoms with E-state index in [2.05, 4.69) is 25.7 Å². The molecule has 1 aromatic rings. The van der Waals surface area contributed by atoms with Crippen molar-refractivity contribution in [2.24, 2.45) is 0 Å². The fourth-order valence-corrected chi connectivity index (χ4v) is 2.78. The van der Waals surface area contributed by atoms with Crippen LogP contribution in [0.5, 0.6) is 0 Å². The molecule has 104 valence electrons. The number of thiophene rings is 1. The summed E-state index contributed by atoms with van der Waals surface area (Å²) < 4.78 is 0. The maximum absolute atomic E-state index is 12.4. The third kappa shape index (κ3) is 4.09. The minimum absolute atomic E-state index is 0.0389. The van der Waals surface area contributed by atoms with Gasteiger partial charge in [-0.1, -0.05) is 25.7 Å². The molecule has 0 aliphatic heterocycles. The van der Waals surface area contributed by atoms with E-state index in [0.29, 0.717) is 11.3 Å². The molecule has 1 rings (SSSR count). The molecule has 0 radical (unpaired) electrons. The Morgan fingerprint density at radius 1 is 1.47 bits per heavy atom. The first kappa shape index (κ1) is 15.7. The van der Waals surface area contributed by atoms with E-state index in [4.69, 9.17) is 5.11 Å². The Hall–Kier alpha value is -1.31. The van der Waals surface area contributed by atoms with Crippen molar-refractivity contribution in [3.05, 3.63) is 21.9 Å². The molecule has 1 aromatic heterocycles. The first-order valence-electron chi connectivity index (χ1n) is 6.60. The topological polar surface area (TPSA) is 40.5 Å². The van der Waals surface area contributed by atoms with Crippen molar-refractivity contribution in [3.63, 3.8) is 0 Å². The number of rotatable bonds is 5. The molecule has 0 saturated heterocycles. The van der Waals surface area contributed by atoms with E-state index in [0.717, 1.165) is 18.4 Å². The zero-order valence-corrected chi connectivity index (χ0v) is 12.6. The van der Waals surface area contributed by atoms with Crippen LogP contribution in [-0.4, -0.2) is 35.6 Å². The minimum Gasteiger partial charge on any atom is -0.395 e. The van der Waals surface area contributed by atoms with Gasteiger partial charge in [-0.05, 0) is 24.3 Å². The van der Waals surface area contributed by atoms with Crippen molar-refractivity contribution in [3.8, 4) is 11.8 Å². The smallest absolute Gasteiger partial charge is 0.265 e. The second-order valence-electron chi connectivity index (χ2n) is 4.33. The van der Waals surface area contributed by atoms with Crippen LogP contribution >= 0.6 is 11.3 Å². The lowest BCUT2D eigenvalue weighted by Crippen LogP contribution is -2.36. The molecule has 0 atom stereocenters. The van der Waals surface area contributed by atoms with E-state index in [1.54, 1.807) is 0 Å². The maximum atomic E-state index is 12.4. The van der Waals surface area contributed by atoms with Crippen molar-refractivity contribution in [1.29, 1.82) is 0 Å². The van der Waals surface area contributed by atoms with Gasteiger partial charge in [-0.3, -0.25) is 4.79 Å². The van der Waals surface area contributed by atoms with Crippen molar-refractivity contribution in [2.45, 2.75) is 39.2 Å². The number of amides is 1. The first-order valence-corrected chi connectivity index (χ1v) is 7.48. The summed E-state index contributed by atoms with van der Waals surface area (Å²) in [4.78, 5) is 14.9. The van der Waals surface area contributed by atoms with Crippen molar-refractivity contribution in [2.75, 3.05) is 13.7 Å².